The Kier molecular flexibility index (Phi) is 5.82. The molecule has 1 fully saturated rings. The lowest BCUT2D eigenvalue weighted by molar-refractivity contribution is 0.227. The molecule has 16 heavy (non-hydrogen) atoms. The van der Waals surface area contributed by atoms with Crippen molar-refractivity contribution in [2.45, 2.75) is 78.2 Å². The summed E-state index contributed by atoms with van der Waals surface area (Å²) in [7, 11) is 0. The molecule has 0 aromatic rings. The Morgan fingerprint density at radius 2 is 1.44 bits per heavy atom. The van der Waals surface area contributed by atoms with Gasteiger partial charge in [0.1, 0.15) is 0 Å². The van der Waals surface area contributed by atoms with Crippen molar-refractivity contribution >= 4 is 0 Å². The summed E-state index contributed by atoms with van der Waals surface area (Å²) in [5.41, 5.74) is 0.420. The van der Waals surface area contributed by atoms with E-state index in [4.69, 9.17) is 0 Å². The van der Waals surface area contributed by atoms with Crippen LogP contribution in [0.2, 0.25) is 0 Å². The van der Waals surface area contributed by atoms with Gasteiger partial charge in [-0.15, -0.1) is 0 Å². The first-order chi connectivity index (χ1) is 7.65. The zero-order valence-corrected chi connectivity index (χ0v) is 11.8. The van der Waals surface area contributed by atoms with E-state index in [-0.39, 0.29) is 0 Å². The standard InChI is InChI=1S/C15H31N/c1-5-15(6-2,7-3)16-12-14-10-8-13(4)9-11-14/h13-14,16H,5-12H2,1-4H3. The highest BCUT2D eigenvalue weighted by molar-refractivity contribution is 4.85. The number of hydrogen-bond acceptors (Lipinski definition) is 1. The monoisotopic (exact) mass is 225 g/mol. The van der Waals surface area contributed by atoms with Crippen LogP contribution in [0.1, 0.15) is 72.6 Å². The molecule has 1 rings (SSSR count). The summed E-state index contributed by atoms with van der Waals surface area (Å²) >= 11 is 0. The SMILES string of the molecule is CCC(CC)(CC)NCC1CCC(C)CC1. The minimum absolute atomic E-state index is 0.420. The summed E-state index contributed by atoms with van der Waals surface area (Å²) in [5, 5.41) is 3.87. The summed E-state index contributed by atoms with van der Waals surface area (Å²) in [6, 6.07) is 0. The van der Waals surface area contributed by atoms with Gasteiger partial charge in [-0.2, -0.15) is 0 Å². The van der Waals surface area contributed by atoms with Gasteiger partial charge < -0.3 is 5.32 Å². The quantitative estimate of drug-likeness (QED) is 0.708. The van der Waals surface area contributed by atoms with Crippen molar-refractivity contribution in [2.75, 3.05) is 6.54 Å². The Morgan fingerprint density at radius 1 is 0.938 bits per heavy atom. The van der Waals surface area contributed by atoms with Gasteiger partial charge in [0, 0.05) is 5.54 Å². The summed E-state index contributed by atoms with van der Waals surface area (Å²) in [5.74, 6) is 1.92. The highest BCUT2D eigenvalue weighted by Gasteiger charge is 2.25. The average Bonchev–Trinajstić information content (AvgIpc) is 2.34. The van der Waals surface area contributed by atoms with Gasteiger partial charge in [-0.1, -0.05) is 40.5 Å². The van der Waals surface area contributed by atoms with E-state index in [1.165, 1.54) is 51.5 Å². The Bertz CT molecular complexity index is 168. The van der Waals surface area contributed by atoms with Crippen LogP contribution in [0.25, 0.3) is 0 Å². The van der Waals surface area contributed by atoms with Gasteiger partial charge in [-0.25, -0.2) is 0 Å². The number of hydrogen-bond donors (Lipinski definition) is 1. The molecule has 0 spiro atoms. The molecule has 1 aliphatic carbocycles. The third kappa shape index (κ3) is 3.76. The topological polar surface area (TPSA) is 12.0 Å². The zero-order valence-electron chi connectivity index (χ0n) is 11.8. The average molecular weight is 225 g/mol. The van der Waals surface area contributed by atoms with Crippen LogP contribution in [-0.2, 0) is 0 Å². The molecular weight excluding hydrogens is 194 g/mol. The molecular formula is C15H31N. The molecule has 0 unspecified atom stereocenters. The van der Waals surface area contributed by atoms with E-state index in [0.29, 0.717) is 5.54 Å². The van der Waals surface area contributed by atoms with Gasteiger partial charge in [0.2, 0.25) is 0 Å². The Morgan fingerprint density at radius 3 is 1.88 bits per heavy atom. The normalized spacial score (nSPS) is 27.0. The van der Waals surface area contributed by atoms with Crippen LogP contribution in [0, 0.1) is 11.8 Å². The molecule has 0 atom stereocenters. The van der Waals surface area contributed by atoms with E-state index in [1.54, 1.807) is 0 Å². The van der Waals surface area contributed by atoms with Crippen LogP contribution in [-0.4, -0.2) is 12.1 Å². The smallest absolute Gasteiger partial charge is 0.0173 e. The molecule has 0 radical (unpaired) electrons. The lowest BCUT2D eigenvalue weighted by Gasteiger charge is -2.35. The Balaban J connectivity index is 2.32. The van der Waals surface area contributed by atoms with E-state index >= 15 is 0 Å². The Hall–Kier alpha value is -0.0400. The van der Waals surface area contributed by atoms with Crippen LogP contribution in [0.4, 0.5) is 0 Å². The molecule has 0 aliphatic heterocycles. The number of nitrogens with one attached hydrogen (secondary N) is 1. The van der Waals surface area contributed by atoms with Crippen molar-refractivity contribution in [1.82, 2.24) is 5.32 Å². The van der Waals surface area contributed by atoms with E-state index in [2.05, 4.69) is 33.0 Å². The second-order valence-corrected chi connectivity index (χ2v) is 5.85. The fourth-order valence-corrected chi connectivity index (χ4v) is 3.02. The summed E-state index contributed by atoms with van der Waals surface area (Å²) in [6.07, 6.45) is 9.59. The van der Waals surface area contributed by atoms with Gasteiger partial charge in [0.05, 0.1) is 0 Å². The molecule has 0 heterocycles. The molecule has 1 nitrogen and oxygen atoms in total. The lowest BCUT2D eigenvalue weighted by atomic mass is 9.82. The molecule has 0 aromatic heterocycles. The van der Waals surface area contributed by atoms with Crippen LogP contribution in [0.15, 0.2) is 0 Å². The van der Waals surface area contributed by atoms with Crippen LogP contribution in [0.5, 0.6) is 0 Å². The van der Waals surface area contributed by atoms with Crippen LogP contribution < -0.4 is 5.32 Å². The van der Waals surface area contributed by atoms with Gasteiger partial charge >= 0.3 is 0 Å². The molecule has 0 saturated heterocycles. The van der Waals surface area contributed by atoms with Crippen molar-refractivity contribution in [3.8, 4) is 0 Å². The minimum atomic E-state index is 0.420. The second-order valence-electron chi connectivity index (χ2n) is 5.85. The summed E-state index contributed by atoms with van der Waals surface area (Å²) in [6.45, 7) is 10.6. The molecule has 0 amide bonds. The summed E-state index contributed by atoms with van der Waals surface area (Å²) < 4.78 is 0. The van der Waals surface area contributed by atoms with Crippen molar-refractivity contribution < 1.29 is 0 Å². The second kappa shape index (κ2) is 6.64. The maximum Gasteiger partial charge on any atom is 0.0173 e. The molecule has 1 saturated carbocycles. The first kappa shape index (κ1) is 14.0. The van der Waals surface area contributed by atoms with Gasteiger partial charge in [-0.05, 0) is 50.5 Å². The predicted octanol–water partition coefficient (Wildman–Crippen LogP) is 4.37. The highest BCUT2D eigenvalue weighted by atomic mass is 15.0. The zero-order chi connectivity index (χ0) is 12.0. The molecule has 96 valence electrons. The van der Waals surface area contributed by atoms with Gasteiger partial charge in [-0.3, -0.25) is 0 Å². The molecule has 0 aromatic carbocycles. The largest absolute Gasteiger partial charge is 0.311 e. The number of rotatable bonds is 6. The van der Waals surface area contributed by atoms with Gasteiger partial charge in [0.25, 0.3) is 0 Å². The van der Waals surface area contributed by atoms with E-state index < -0.39 is 0 Å². The fourth-order valence-electron chi connectivity index (χ4n) is 3.02. The predicted molar refractivity (Wildman–Crippen MR) is 72.7 cm³/mol. The maximum atomic E-state index is 3.87. The van der Waals surface area contributed by atoms with Crippen LogP contribution in [0.3, 0.4) is 0 Å². The fraction of sp³-hybridized carbons (Fsp3) is 1.00. The summed E-state index contributed by atoms with van der Waals surface area (Å²) in [4.78, 5) is 0. The minimum Gasteiger partial charge on any atom is -0.311 e. The van der Waals surface area contributed by atoms with Crippen molar-refractivity contribution in [2.24, 2.45) is 11.8 Å². The van der Waals surface area contributed by atoms with Crippen molar-refractivity contribution in [1.29, 1.82) is 0 Å². The Labute approximate surface area is 102 Å². The first-order valence-corrected chi connectivity index (χ1v) is 7.40. The van der Waals surface area contributed by atoms with Crippen LogP contribution >= 0.6 is 0 Å². The van der Waals surface area contributed by atoms with Crippen molar-refractivity contribution in [3.63, 3.8) is 0 Å². The van der Waals surface area contributed by atoms with Gasteiger partial charge in [0.15, 0.2) is 0 Å². The lowest BCUT2D eigenvalue weighted by Crippen LogP contribution is -2.46. The van der Waals surface area contributed by atoms with E-state index in [9.17, 15) is 0 Å². The van der Waals surface area contributed by atoms with E-state index in [1.807, 2.05) is 0 Å². The van der Waals surface area contributed by atoms with Crippen molar-refractivity contribution in [3.05, 3.63) is 0 Å². The third-order valence-corrected chi connectivity index (χ3v) is 4.93. The third-order valence-electron chi connectivity index (χ3n) is 4.93. The first-order valence-electron chi connectivity index (χ1n) is 7.40. The maximum absolute atomic E-state index is 3.87. The highest BCUT2D eigenvalue weighted by Crippen LogP contribution is 2.29. The molecule has 1 aliphatic rings. The molecule has 1 N–H and O–H groups in total. The molecule has 0 bridgehead atoms. The molecule has 1 heteroatoms. The van der Waals surface area contributed by atoms with E-state index in [0.717, 1.165) is 11.8 Å².